The summed E-state index contributed by atoms with van der Waals surface area (Å²) in [5, 5.41) is 3.21. The number of aryl methyl sites for hydroxylation is 3. The lowest BCUT2D eigenvalue weighted by atomic mass is 10.1. The van der Waals surface area contributed by atoms with E-state index < -0.39 is 28.5 Å². The van der Waals surface area contributed by atoms with E-state index >= 15 is 0 Å². The highest BCUT2D eigenvalue weighted by molar-refractivity contribution is 7.92. The molecule has 0 aliphatic carbocycles. The molecule has 3 aromatic carbocycles. The van der Waals surface area contributed by atoms with Crippen molar-refractivity contribution in [1.82, 2.24) is 10.2 Å². The van der Waals surface area contributed by atoms with Crippen LogP contribution in [0.3, 0.4) is 0 Å². The minimum Gasteiger partial charge on any atom is -0.355 e. The molecule has 0 spiro atoms. The lowest BCUT2D eigenvalue weighted by molar-refractivity contribution is -0.139. The molecule has 7 nitrogen and oxygen atoms in total. The van der Waals surface area contributed by atoms with Crippen LogP contribution in [-0.4, -0.2) is 44.3 Å². The number of carbonyl (C=O) groups excluding carboxylic acids is 2. The van der Waals surface area contributed by atoms with Crippen LogP contribution in [0.2, 0.25) is 5.02 Å². The first-order chi connectivity index (χ1) is 17.9. The highest BCUT2D eigenvalue weighted by Gasteiger charge is 2.33. The van der Waals surface area contributed by atoms with E-state index in [1.54, 1.807) is 51.1 Å². The molecule has 1 N–H and O–H groups in total. The summed E-state index contributed by atoms with van der Waals surface area (Å²) in [6.45, 7) is 9.07. The Hall–Kier alpha value is -3.36. The lowest BCUT2D eigenvalue weighted by Crippen LogP contribution is -2.51. The fraction of sp³-hybridized carbons (Fsp3) is 0.310. The number of nitrogens with zero attached hydrogens (tertiary/aromatic N) is 2. The number of sulfonamides is 1. The van der Waals surface area contributed by atoms with Gasteiger partial charge in [-0.15, -0.1) is 0 Å². The maximum absolute atomic E-state index is 13.9. The third kappa shape index (κ3) is 6.94. The van der Waals surface area contributed by atoms with Crippen molar-refractivity contribution in [2.45, 2.75) is 52.1 Å². The fourth-order valence-electron chi connectivity index (χ4n) is 4.16. The zero-order valence-electron chi connectivity index (χ0n) is 22.4. The Kier molecular flexibility index (Phi) is 9.57. The molecule has 0 aromatic heterocycles. The molecule has 0 heterocycles. The summed E-state index contributed by atoms with van der Waals surface area (Å²) in [5.74, 6) is -0.820. The molecule has 0 aliphatic rings. The van der Waals surface area contributed by atoms with Crippen LogP contribution in [0.5, 0.6) is 0 Å². The van der Waals surface area contributed by atoms with Crippen molar-refractivity contribution in [1.29, 1.82) is 0 Å². The molecule has 2 amide bonds. The molecule has 9 heteroatoms. The second-order valence-corrected chi connectivity index (χ2v) is 11.6. The molecule has 3 aromatic rings. The summed E-state index contributed by atoms with van der Waals surface area (Å²) in [6.07, 6.45) is 0. The Labute approximate surface area is 230 Å². The van der Waals surface area contributed by atoms with E-state index in [0.717, 1.165) is 21.0 Å². The monoisotopic (exact) mass is 555 g/mol. The van der Waals surface area contributed by atoms with Crippen LogP contribution in [0.4, 0.5) is 5.69 Å². The van der Waals surface area contributed by atoms with Crippen molar-refractivity contribution in [2.75, 3.05) is 17.4 Å². The number of hydrogen-bond acceptors (Lipinski definition) is 4. The zero-order valence-corrected chi connectivity index (χ0v) is 23.9. The van der Waals surface area contributed by atoms with Gasteiger partial charge in [-0.1, -0.05) is 59.1 Å². The lowest BCUT2D eigenvalue weighted by Gasteiger charge is -2.32. The van der Waals surface area contributed by atoms with Gasteiger partial charge in [0.1, 0.15) is 12.6 Å². The largest absolute Gasteiger partial charge is 0.355 e. The van der Waals surface area contributed by atoms with E-state index in [0.29, 0.717) is 22.8 Å². The molecular weight excluding hydrogens is 522 g/mol. The first-order valence-corrected chi connectivity index (χ1v) is 14.2. The summed E-state index contributed by atoms with van der Waals surface area (Å²) in [5.41, 5.74) is 3.70. The van der Waals surface area contributed by atoms with Gasteiger partial charge in [0.05, 0.1) is 10.6 Å². The van der Waals surface area contributed by atoms with Crippen molar-refractivity contribution in [3.63, 3.8) is 0 Å². The topological polar surface area (TPSA) is 86.8 Å². The van der Waals surface area contributed by atoms with Crippen molar-refractivity contribution < 1.29 is 18.0 Å². The summed E-state index contributed by atoms with van der Waals surface area (Å²) >= 11 is 6.15. The Morgan fingerprint density at radius 3 is 2.24 bits per heavy atom. The summed E-state index contributed by atoms with van der Waals surface area (Å²) in [7, 11) is -4.13. The summed E-state index contributed by atoms with van der Waals surface area (Å²) in [4.78, 5) is 28.2. The summed E-state index contributed by atoms with van der Waals surface area (Å²) in [6, 6.07) is 18.1. The number of likely N-dealkylation sites (N-methyl/N-ethyl adjacent to an activating group) is 1. The number of hydrogen-bond donors (Lipinski definition) is 1. The SMILES string of the molecule is CCNC(=O)C(C)N(Cc1cccc(C)c1)C(=O)CN(c1ccc(Cl)cc1C)S(=O)(=O)c1ccc(C)cc1. The molecule has 3 rings (SSSR count). The van der Waals surface area contributed by atoms with Gasteiger partial charge in [0.25, 0.3) is 10.0 Å². The minimum atomic E-state index is -4.13. The zero-order chi connectivity index (χ0) is 28.0. The van der Waals surface area contributed by atoms with E-state index in [1.165, 1.54) is 17.0 Å². The molecule has 0 saturated carbocycles. The molecule has 0 aliphatic heterocycles. The van der Waals surface area contributed by atoms with Gasteiger partial charge in [0.2, 0.25) is 11.8 Å². The first-order valence-electron chi connectivity index (χ1n) is 12.4. The van der Waals surface area contributed by atoms with Crippen molar-refractivity contribution in [2.24, 2.45) is 0 Å². The number of carbonyl (C=O) groups is 2. The normalized spacial score (nSPS) is 12.1. The predicted octanol–water partition coefficient (Wildman–Crippen LogP) is 5.01. The third-order valence-corrected chi connectivity index (χ3v) is 8.28. The quantitative estimate of drug-likeness (QED) is 0.381. The van der Waals surface area contributed by atoms with Crippen LogP contribution < -0.4 is 9.62 Å². The van der Waals surface area contributed by atoms with Gasteiger partial charge in [0, 0.05) is 18.1 Å². The number of amides is 2. The second-order valence-electron chi connectivity index (χ2n) is 9.34. The van der Waals surface area contributed by atoms with Gasteiger partial charge < -0.3 is 10.2 Å². The van der Waals surface area contributed by atoms with Crippen LogP contribution in [0.1, 0.15) is 36.1 Å². The molecule has 0 fully saturated rings. The van der Waals surface area contributed by atoms with Crippen LogP contribution in [0.15, 0.2) is 71.6 Å². The molecule has 1 atom stereocenters. The van der Waals surface area contributed by atoms with E-state index in [1.807, 2.05) is 38.1 Å². The molecule has 0 saturated heterocycles. The average Bonchev–Trinajstić information content (AvgIpc) is 2.86. The third-order valence-electron chi connectivity index (χ3n) is 6.27. The van der Waals surface area contributed by atoms with E-state index in [4.69, 9.17) is 11.6 Å². The van der Waals surface area contributed by atoms with Crippen molar-refractivity contribution in [3.05, 3.63) is 94.0 Å². The van der Waals surface area contributed by atoms with Crippen molar-refractivity contribution in [3.8, 4) is 0 Å². The summed E-state index contributed by atoms with van der Waals surface area (Å²) < 4.78 is 28.9. The fourth-order valence-corrected chi connectivity index (χ4v) is 5.87. The molecule has 38 heavy (non-hydrogen) atoms. The van der Waals surface area contributed by atoms with E-state index in [2.05, 4.69) is 5.32 Å². The number of anilines is 1. The van der Waals surface area contributed by atoms with E-state index in [-0.39, 0.29) is 17.3 Å². The Balaban J connectivity index is 2.07. The van der Waals surface area contributed by atoms with E-state index in [9.17, 15) is 18.0 Å². The molecular formula is C29H34ClN3O4S. The van der Waals surface area contributed by atoms with Gasteiger partial charge in [-0.2, -0.15) is 0 Å². The van der Waals surface area contributed by atoms with Crippen molar-refractivity contribution >= 4 is 39.1 Å². The van der Waals surface area contributed by atoms with Crippen LogP contribution in [0, 0.1) is 20.8 Å². The van der Waals surface area contributed by atoms with Crippen LogP contribution in [-0.2, 0) is 26.2 Å². The molecule has 0 bridgehead atoms. The van der Waals surface area contributed by atoms with Gasteiger partial charge >= 0.3 is 0 Å². The molecule has 1 unspecified atom stereocenters. The smallest absolute Gasteiger partial charge is 0.264 e. The number of nitrogens with one attached hydrogen (secondary N) is 1. The highest BCUT2D eigenvalue weighted by atomic mass is 35.5. The number of rotatable bonds is 10. The number of halogens is 1. The number of benzene rings is 3. The molecule has 202 valence electrons. The van der Waals surface area contributed by atoms with Gasteiger partial charge in [-0.3, -0.25) is 13.9 Å². The van der Waals surface area contributed by atoms with Gasteiger partial charge in [-0.05, 0) is 76.1 Å². The Morgan fingerprint density at radius 2 is 1.63 bits per heavy atom. The van der Waals surface area contributed by atoms with Crippen LogP contribution >= 0.6 is 11.6 Å². The second kappa shape index (κ2) is 12.5. The first kappa shape index (κ1) is 29.2. The minimum absolute atomic E-state index is 0.0623. The maximum Gasteiger partial charge on any atom is 0.264 e. The van der Waals surface area contributed by atoms with Gasteiger partial charge in [0.15, 0.2) is 0 Å². The Bertz CT molecular complexity index is 1410. The maximum atomic E-state index is 13.9. The molecule has 0 radical (unpaired) electrons. The van der Waals surface area contributed by atoms with Crippen LogP contribution in [0.25, 0.3) is 0 Å². The Morgan fingerprint density at radius 1 is 0.947 bits per heavy atom. The van der Waals surface area contributed by atoms with Gasteiger partial charge in [-0.25, -0.2) is 8.42 Å². The standard InChI is InChI=1S/C29H34ClN3O4S/c1-6-31-29(35)23(5)32(18-24-9-7-8-21(3)16-24)28(34)19-33(27-15-12-25(30)17-22(27)4)38(36,37)26-13-10-20(2)11-14-26/h7-17,23H,6,18-19H2,1-5H3,(H,31,35). The predicted molar refractivity (Wildman–Crippen MR) is 152 cm³/mol. The average molecular weight is 556 g/mol. The highest BCUT2D eigenvalue weighted by Crippen LogP contribution is 2.29.